The second kappa shape index (κ2) is 12.5. The van der Waals surface area contributed by atoms with Crippen molar-refractivity contribution in [1.82, 2.24) is 10.6 Å². The minimum absolute atomic E-state index is 0.120. The molecule has 6 nitrogen and oxygen atoms in total. The lowest BCUT2D eigenvalue weighted by molar-refractivity contribution is -0.119. The number of halogens is 1. The maximum absolute atomic E-state index is 12.9. The summed E-state index contributed by atoms with van der Waals surface area (Å²) in [5.74, 6) is -0.423. The maximum Gasteiger partial charge on any atom is 0.251 e. The first-order chi connectivity index (χ1) is 16.4. The molecule has 0 aliphatic carbocycles. The molecule has 0 spiro atoms. The molecule has 3 aromatic carbocycles. The Morgan fingerprint density at radius 1 is 1.00 bits per heavy atom. The first kappa shape index (κ1) is 25.6. The van der Waals surface area contributed by atoms with Crippen LogP contribution in [0.2, 0.25) is 5.02 Å². The van der Waals surface area contributed by atoms with Gasteiger partial charge in [0.25, 0.3) is 5.91 Å². The number of aliphatic hydroxyl groups is 1. The third-order valence-electron chi connectivity index (χ3n) is 5.11. The van der Waals surface area contributed by atoms with E-state index >= 15 is 0 Å². The number of amides is 2. The SMILES string of the molecule is Cc1ccc(SN(CC(=O)NCc2cccc(C(=O)NCCO)c2)c2cccc(Cl)c2C)cc1. The monoisotopic (exact) mass is 497 g/mol. The van der Waals surface area contributed by atoms with Crippen LogP contribution in [-0.4, -0.2) is 36.6 Å². The fourth-order valence-corrected chi connectivity index (χ4v) is 4.40. The zero-order valence-corrected chi connectivity index (χ0v) is 20.7. The summed E-state index contributed by atoms with van der Waals surface area (Å²) >= 11 is 7.83. The van der Waals surface area contributed by atoms with Gasteiger partial charge >= 0.3 is 0 Å². The predicted molar refractivity (Wildman–Crippen MR) is 138 cm³/mol. The Morgan fingerprint density at radius 2 is 1.74 bits per heavy atom. The number of benzene rings is 3. The van der Waals surface area contributed by atoms with Crippen molar-refractivity contribution in [3.8, 4) is 0 Å². The molecule has 8 heteroatoms. The number of carbonyl (C=O) groups excluding carboxylic acids is 2. The zero-order valence-electron chi connectivity index (χ0n) is 19.2. The molecule has 3 aromatic rings. The minimum atomic E-state index is -0.265. The molecule has 0 saturated heterocycles. The van der Waals surface area contributed by atoms with E-state index < -0.39 is 0 Å². The lowest BCUT2D eigenvalue weighted by atomic mass is 10.1. The molecule has 0 bridgehead atoms. The molecule has 0 aliphatic rings. The Balaban J connectivity index is 1.70. The van der Waals surface area contributed by atoms with Crippen molar-refractivity contribution in [3.63, 3.8) is 0 Å². The van der Waals surface area contributed by atoms with Gasteiger partial charge in [-0.25, -0.2) is 0 Å². The number of carbonyl (C=O) groups is 2. The Hall–Kier alpha value is -3.00. The standard InChI is InChI=1S/C26H28ClN3O3S/c1-18-9-11-22(12-10-18)34-30(24-8-4-7-23(27)19(24)2)17-25(32)29-16-20-5-3-6-21(15-20)26(33)28-13-14-31/h3-12,15,31H,13-14,16-17H2,1-2H3,(H,28,33)(H,29,32). The van der Waals surface area contributed by atoms with E-state index in [0.717, 1.165) is 21.7 Å². The van der Waals surface area contributed by atoms with Crippen LogP contribution in [-0.2, 0) is 11.3 Å². The van der Waals surface area contributed by atoms with Crippen molar-refractivity contribution in [2.75, 3.05) is 24.0 Å². The Kier molecular flexibility index (Phi) is 9.39. The average molecular weight is 498 g/mol. The molecule has 3 rings (SSSR count). The second-order valence-electron chi connectivity index (χ2n) is 7.78. The van der Waals surface area contributed by atoms with E-state index in [-0.39, 0.29) is 38.1 Å². The molecule has 178 valence electrons. The number of nitrogens with zero attached hydrogens (tertiary/aromatic N) is 1. The molecule has 0 heterocycles. The number of hydrogen-bond donors (Lipinski definition) is 3. The zero-order chi connectivity index (χ0) is 24.5. The Labute approximate surface area is 209 Å². The molecular weight excluding hydrogens is 470 g/mol. The lowest BCUT2D eigenvalue weighted by Crippen LogP contribution is -2.34. The topological polar surface area (TPSA) is 81.7 Å². The van der Waals surface area contributed by atoms with E-state index in [2.05, 4.69) is 10.6 Å². The van der Waals surface area contributed by atoms with E-state index in [4.69, 9.17) is 16.7 Å². The molecule has 3 N–H and O–H groups in total. The van der Waals surface area contributed by atoms with Crippen molar-refractivity contribution < 1.29 is 14.7 Å². The summed E-state index contributed by atoms with van der Waals surface area (Å²) in [4.78, 5) is 26.0. The van der Waals surface area contributed by atoms with Crippen LogP contribution in [0.25, 0.3) is 0 Å². The summed E-state index contributed by atoms with van der Waals surface area (Å²) in [7, 11) is 0. The van der Waals surface area contributed by atoms with E-state index in [1.54, 1.807) is 18.2 Å². The van der Waals surface area contributed by atoms with Crippen LogP contribution in [0, 0.1) is 13.8 Å². The molecule has 0 unspecified atom stereocenters. The largest absolute Gasteiger partial charge is 0.395 e. The smallest absolute Gasteiger partial charge is 0.251 e. The third-order valence-corrected chi connectivity index (χ3v) is 6.55. The highest BCUT2D eigenvalue weighted by Crippen LogP contribution is 2.34. The summed E-state index contributed by atoms with van der Waals surface area (Å²) in [5.41, 5.74) is 4.22. The normalized spacial score (nSPS) is 10.6. The highest BCUT2D eigenvalue weighted by atomic mass is 35.5. The first-order valence-electron chi connectivity index (χ1n) is 10.9. The van der Waals surface area contributed by atoms with Crippen LogP contribution < -0.4 is 14.9 Å². The van der Waals surface area contributed by atoms with E-state index in [1.165, 1.54) is 17.5 Å². The van der Waals surface area contributed by atoms with Gasteiger partial charge in [-0.3, -0.25) is 9.59 Å². The number of hydrogen-bond acceptors (Lipinski definition) is 5. The van der Waals surface area contributed by atoms with Gasteiger partial charge in [-0.2, -0.15) is 0 Å². The van der Waals surface area contributed by atoms with Crippen molar-refractivity contribution in [2.45, 2.75) is 25.3 Å². The van der Waals surface area contributed by atoms with Gasteiger partial charge < -0.3 is 20.0 Å². The second-order valence-corrected chi connectivity index (χ2v) is 9.28. The minimum Gasteiger partial charge on any atom is -0.395 e. The fraction of sp³-hybridized carbons (Fsp3) is 0.231. The maximum atomic E-state index is 12.9. The summed E-state index contributed by atoms with van der Waals surface area (Å²) in [6.45, 7) is 4.45. The van der Waals surface area contributed by atoms with Gasteiger partial charge in [0.1, 0.15) is 6.54 Å². The van der Waals surface area contributed by atoms with Gasteiger partial charge in [-0.1, -0.05) is 47.5 Å². The highest BCUT2D eigenvalue weighted by Gasteiger charge is 2.17. The molecular formula is C26H28ClN3O3S. The molecule has 0 aliphatic heterocycles. The number of rotatable bonds is 10. The van der Waals surface area contributed by atoms with Gasteiger partial charge in [-0.05, 0) is 73.3 Å². The molecule has 0 radical (unpaired) electrons. The number of aliphatic hydroxyl groups excluding tert-OH is 1. The predicted octanol–water partition coefficient (Wildman–Crippen LogP) is 4.51. The van der Waals surface area contributed by atoms with Gasteiger partial charge in [-0.15, -0.1) is 0 Å². The molecule has 0 aromatic heterocycles. The number of anilines is 1. The van der Waals surface area contributed by atoms with Crippen molar-refractivity contribution >= 4 is 41.1 Å². The Bertz CT molecular complexity index is 1140. The summed E-state index contributed by atoms with van der Waals surface area (Å²) in [6.07, 6.45) is 0. The summed E-state index contributed by atoms with van der Waals surface area (Å²) in [5, 5.41) is 15.1. The summed E-state index contributed by atoms with van der Waals surface area (Å²) in [6, 6.07) is 20.8. The van der Waals surface area contributed by atoms with Crippen LogP contribution in [0.15, 0.2) is 71.6 Å². The van der Waals surface area contributed by atoms with Gasteiger partial charge in [0.2, 0.25) is 5.91 Å². The van der Waals surface area contributed by atoms with Crippen LogP contribution in [0.4, 0.5) is 5.69 Å². The Morgan fingerprint density at radius 3 is 2.47 bits per heavy atom. The van der Waals surface area contributed by atoms with Gasteiger partial charge in [0.05, 0.1) is 12.3 Å². The fourth-order valence-electron chi connectivity index (χ4n) is 3.24. The number of aryl methyl sites for hydroxylation is 1. The van der Waals surface area contributed by atoms with Crippen molar-refractivity contribution in [2.24, 2.45) is 0 Å². The average Bonchev–Trinajstić information content (AvgIpc) is 2.84. The van der Waals surface area contributed by atoms with Crippen LogP contribution in [0.5, 0.6) is 0 Å². The van der Waals surface area contributed by atoms with E-state index in [9.17, 15) is 9.59 Å². The van der Waals surface area contributed by atoms with Gasteiger partial charge in [0, 0.05) is 28.6 Å². The van der Waals surface area contributed by atoms with Gasteiger partial charge in [0.15, 0.2) is 0 Å². The molecule has 0 atom stereocenters. The molecule has 34 heavy (non-hydrogen) atoms. The highest BCUT2D eigenvalue weighted by molar-refractivity contribution is 8.00. The molecule has 0 saturated carbocycles. The first-order valence-corrected chi connectivity index (χ1v) is 12.0. The van der Waals surface area contributed by atoms with E-state index in [1.807, 2.05) is 66.7 Å². The van der Waals surface area contributed by atoms with Crippen LogP contribution >= 0.6 is 23.5 Å². The number of nitrogens with one attached hydrogen (secondary N) is 2. The van der Waals surface area contributed by atoms with Crippen LogP contribution in [0.1, 0.15) is 27.0 Å². The van der Waals surface area contributed by atoms with Crippen molar-refractivity contribution in [1.29, 1.82) is 0 Å². The summed E-state index contributed by atoms with van der Waals surface area (Å²) < 4.78 is 1.93. The lowest BCUT2D eigenvalue weighted by Gasteiger charge is -2.25. The molecule has 0 fully saturated rings. The van der Waals surface area contributed by atoms with E-state index in [0.29, 0.717) is 10.6 Å². The van der Waals surface area contributed by atoms with Crippen molar-refractivity contribution in [3.05, 3.63) is 94.0 Å². The molecule has 2 amide bonds. The van der Waals surface area contributed by atoms with Crippen LogP contribution in [0.3, 0.4) is 0 Å². The third kappa shape index (κ3) is 7.25. The quantitative estimate of drug-likeness (QED) is 0.359.